The van der Waals surface area contributed by atoms with Crippen LogP contribution in [0.3, 0.4) is 0 Å². The van der Waals surface area contributed by atoms with Gasteiger partial charge in [-0.3, -0.25) is 4.79 Å². The average molecular weight is 245 g/mol. The monoisotopic (exact) mass is 245 g/mol. The largest absolute Gasteiger partial charge is 0.383 e. The van der Waals surface area contributed by atoms with E-state index in [2.05, 4.69) is 19.9 Å². The molecule has 1 fully saturated rings. The van der Waals surface area contributed by atoms with Gasteiger partial charge in [0.15, 0.2) is 0 Å². The molecule has 18 heavy (non-hydrogen) atoms. The standard InChI is InChI=1S/C12H15N5O/c13-10-9-8(4-5-14-11(9)18)15-12(16-10)17-6-2-1-3-7-17/h4-5H,1-3,6-7H2,(H,14,18)(H2,13,15,16). The van der Waals surface area contributed by atoms with Crippen molar-refractivity contribution < 1.29 is 0 Å². The van der Waals surface area contributed by atoms with Crippen molar-refractivity contribution in [2.45, 2.75) is 19.3 Å². The molecule has 3 N–H and O–H groups in total. The Morgan fingerprint density at radius 3 is 2.78 bits per heavy atom. The summed E-state index contributed by atoms with van der Waals surface area (Å²) in [5, 5.41) is 0.373. The van der Waals surface area contributed by atoms with Crippen LogP contribution in [0, 0.1) is 0 Å². The molecule has 1 aliphatic heterocycles. The van der Waals surface area contributed by atoms with Crippen LogP contribution in [0.2, 0.25) is 0 Å². The van der Waals surface area contributed by atoms with Crippen molar-refractivity contribution in [1.29, 1.82) is 0 Å². The summed E-state index contributed by atoms with van der Waals surface area (Å²) in [7, 11) is 0. The topological polar surface area (TPSA) is 87.9 Å². The fourth-order valence-electron chi connectivity index (χ4n) is 2.34. The molecule has 6 heteroatoms. The van der Waals surface area contributed by atoms with Crippen LogP contribution in [0.15, 0.2) is 17.1 Å². The third-order valence-corrected chi connectivity index (χ3v) is 3.27. The Bertz CT molecular complexity index is 630. The molecule has 2 aromatic rings. The molecule has 1 saturated heterocycles. The van der Waals surface area contributed by atoms with E-state index in [1.165, 1.54) is 6.42 Å². The highest BCUT2D eigenvalue weighted by Crippen LogP contribution is 2.20. The Hall–Kier alpha value is -2.11. The van der Waals surface area contributed by atoms with Crippen LogP contribution in [0.25, 0.3) is 10.9 Å². The highest BCUT2D eigenvalue weighted by Gasteiger charge is 2.16. The molecular weight excluding hydrogens is 230 g/mol. The van der Waals surface area contributed by atoms with Crippen molar-refractivity contribution in [3.05, 3.63) is 22.6 Å². The fraction of sp³-hybridized carbons (Fsp3) is 0.417. The van der Waals surface area contributed by atoms with Gasteiger partial charge in [-0.25, -0.2) is 4.98 Å². The number of nitrogens with one attached hydrogen (secondary N) is 1. The maximum Gasteiger partial charge on any atom is 0.261 e. The van der Waals surface area contributed by atoms with Crippen LogP contribution in [0.5, 0.6) is 0 Å². The summed E-state index contributed by atoms with van der Waals surface area (Å²) in [4.78, 5) is 25.1. The molecule has 3 rings (SSSR count). The second-order valence-electron chi connectivity index (χ2n) is 4.52. The number of nitrogens with zero attached hydrogens (tertiary/aromatic N) is 3. The van der Waals surface area contributed by atoms with E-state index in [9.17, 15) is 4.79 Å². The molecule has 0 unspecified atom stereocenters. The van der Waals surface area contributed by atoms with E-state index in [0.717, 1.165) is 25.9 Å². The maximum absolute atomic E-state index is 11.7. The number of hydrogen-bond acceptors (Lipinski definition) is 5. The summed E-state index contributed by atoms with van der Waals surface area (Å²) < 4.78 is 0. The lowest BCUT2D eigenvalue weighted by Crippen LogP contribution is -2.31. The van der Waals surface area contributed by atoms with E-state index in [1.807, 2.05) is 0 Å². The van der Waals surface area contributed by atoms with Crippen molar-refractivity contribution >= 4 is 22.7 Å². The molecule has 0 aliphatic carbocycles. The van der Waals surface area contributed by atoms with Gasteiger partial charge in [0.25, 0.3) is 5.56 Å². The normalized spacial score (nSPS) is 16.1. The number of fused-ring (bicyclic) bond motifs is 1. The van der Waals surface area contributed by atoms with Crippen molar-refractivity contribution in [3.63, 3.8) is 0 Å². The summed E-state index contributed by atoms with van der Waals surface area (Å²) in [6, 6.07) is 1.75. The fourth-order valence-corrected chi connectivity index (χ4v) is 2.34. The molecule has 3 heterocycles. The highest BCUT2D eigenvalue weighted by atomic mass is 16.1. The molecule has 0 bridgehead atoms. The first-order valence-electron chi connectivity index (χ1n) is 6.15. The molecular formula is C12H15N5O. The summed E-state index contributed by atoms with van der Waals surface area (Å²) in [5.41, 5.74) is 6.23. The van der Waals surface area contributed by atoms with E-state index in [1.54, 1.807) is 12.3 Å². The van der Waals surface area contributed by atoms with Gasteiger partial charge in [-0.15, -0.1) is 0 Å². The first kappa shape index (κ1) is 11.0. The first-order valence-corrected chi connectivity index (χ1v) is 6.15. The Labute approximate surface area is 104 Å². The predicted molar refractivity (Wildman–Crippen MR) is 70.6 cm³/mol. The average Bonchev–Trinajstić information content (AvgIpc) is 2.39. The Morgan fingerprint density at radius 1 is 1.22 bits per heavy atom. The predicted octanol–water partition coefficient (Wildman–Crippen LogP) is 0.891. The van der Waals surface area contributed by atoms with Gasteiger partial charge < -0.3 is 15.6 Å². The zero-order chi connectivity index (χ0) is 12.5. The van der Waals surface area contributed by atoms with E-state index in [4.69, 9.17) is 5.73 Å². The Kier molecular flexibility index (Phi) is 2.62. The number of pyridine rings is 1. The SMILES string of the molecule is Nc1nc(N2CCCCC2)nc2cc[nH]c(=O)c12. The second kappa shape index (κ2) is 4.29. The molecule has 94 valence electrons. The van der Waals surface area contributed by atoms with E-state index in [0.29, 0.717) is 16.9 Å². The van der Waals surface area contributed by atoms with Crippen LogP contribution >= 0.6 is 0 Å². The maximum atomic E-state index is 11.7. The zero-order valence-electron chi connectivity index (χ0n) is 10.0. The number of aromatic amines is 1. The molecule has 0 amide bonds. The van der Waals surface area contributed by atoms with Gasteiger partial charge >= 0.3 is 0 Å². The molecule has 6 nitrogen and oxygen atoms in total. The number of nitrogens with two attached hydrogens (primary N) is 1. The molecule has 0 atom stereocenters. The van der Waals surface area contributed by atoms with Gasteiger partial charge in [0.05, 0.1) is 5.52 Å². The van der Waals surface area contributed by atoms with Gasteiger partial charge in [0.1, 0.15) is 11.2 Å². The van der Waals surface area contributed by atoms with E-state index in [-0.39, 0.29) is 11.4 Å². The quantitative estimate of drug-likeness (QED) is 0.779. The minimum Gasteiger partial charge on any atom is -0.383 e. The lowest BCUT2D eigenvalue weighted by Gasteiger charge is -2.26. The summed E-state index contributed by atoms with van der Waals surface area (Å²) in [6.45, 7) is 1.91. The Morgan fingerprint density at radius 2 is 2.00 bits per heavy atom. The van der Waals surface area contributed by atoms with Crippen LogP contribution in [-0.4, -0.2) is 28.0 Å². The molecule has 0 spiro atoms. The molecule has 2 aromatic heterocycles. The lowest BCUT2D eigenvalue weighted by molar-refractivity contribution is 0.569. The van der Waals surface area contributed by atoms with Crippen LogP contribution < -0.4 is 16.2 Å². The molecule has 0 saturated carbocycles. The smallest absolute Gasteiger partial charge is 0.261 e. The highest BCUT2D eigenvalue weighted by molar-refractivity contribution is 5.87. The first-order chi connectivity index (χ1) is 8.75. The van der Waals surface area contributed by atoms with Gasteiger partial charge in [-0.2, -0.15) is 4.98 Å². The van der Waals surface area contributed by atoms with Crippen LogP contribution in [-0.2, 0) is 0 Å². The molecule has 0 aromatic carbocycles. The minimum atomic E-state index is -0.241. The van der Waals surface area contributed by atoms with Crippen molar-refractivity contribution in [1.82, 2.24) is 15.0 Å². The number of anilines is 2. The summed E-state index contributed by atoms with van der Waals surface area (Å²) >= 11 is 0. The van der Waals surface area contributed by atoms with E-state index < -0.39 is 0 Å². The third kappa shape index (κ3) is 1.79. The number of nitrogen functional groups attached to an aromatic ring is 1. The zero-order valence-corrected chi connectivity index (χ0v) is 10.0. The second-order valence-corrected chi connectivity index (χ2v) is 4.52. The molecule has 1 aliphatic rings. The van der Waals surface area contributed by atoms with E-state index >= 15 is 0 Å². The Balaban J connectivity index is 2.12. The summed E-state index contributed by atoms with van der Waals surface area (Å²) in [6.07, 6.45) is 5.13. The lowest BCUT2D eigenvalue weighted by atomic mass is 10.1. The number of piperidine rings is 1. The van der Waals surface area contributed by atoms with Gasteiger partial charge in [-0.1, -0.05) is 0 Å². The van der Waals surface area contributed by atoms with Gasteiger partial charge in [0, 0.05) is 19.3 Å². The molecule has 0 radical (unpaired) electrons. The van der Waals surface area contributed by atoms with Crippen LogP contribution in [0.1, 0.15) is 19.3 Å². The minimum absolute atomic E-state index is 0.241. The number of rotatable bonds is 1. The third-order valence-electron chi connectivity index (χ3n) is 3.27. The van der Waals surface area contributed by atoms with Gasteiger partial charge in [-0.05, 0) is 25.3 Å². The summed E-state index contributed by atoms with van der Waals surface area (Å²) in [5.74, 6) is 0.882. The van der Waals surface area contributed by atoms with Crippen molar-refractivity contribution in [2.24, 2.45) is 0 Å². The number of hydrogen-bond donors (Lipinski definition) is 2. The van der Waals surface area contributed by atoms with Crippen LogP contribution in [0.4, 0.5) is 11.8 Å². The number of aromatic nitrogens is 3. The number of H-pyrrole nitrogens is 1. The van der Waals surface area contributed by atoms with Crippen molar-refractivity contribution in [3.8, 4) is 0 Å². The van der Waals surface area contributed by atoms with Gasteiger partial charge in [0.2, 0.25) is 5.95 Å². The van der Waals surface area contributed by atoms with Crippen molar-refractivity contribution in [2.75, 3.05) is 23.7 Å².